The van der Waals surface area contributed by atoms with Gasteiger partial charge < -0.3 is 5.32 Å². The van der Waals surface area contributed by atoms with Gasteiger partial charge in [0.2, 0.25) is 5.91 Å². The molecule has 0 saturated carbocycles. The molecule has 1 atom stereocenters. The Morgan fingerprint density at radius 1 is 1.14 bits per heavy atom. The van der Waals surface area contributed by atoms with E-state index in [2.05, 4.69) is 48.0 Å². The largest absolute Gasteiger partial charge is 0.325 e. The lowest BCUT2D eigenvalue weighted by Crippen LogP contribution is -2.23. The van der Waals surface area contributed by atoms with Crippen LogP contribution in [0.3, 0.4) is 0 Å². The SMILES string of the molecule is Cc1ccsc1[C@H]1CC(=O)Nc2c1ccc1ccccc21. The topological polar surface area (TPSA) is 29.1 Å². The Morgan fingerprint density at radius 2 is 2.00 bits per heavy atom. The van der Waals surface area contributed by atoms with Crippen molar-refractivity contribution in [3.63, 3.8) is 0 Å². The van der Waals surface area contributed by atoms with Crippen LogP contribution in [0.1, 0.15) is 28.3 Å². The second-order valence-corrected chi connectivity index (χ2v) is 6.47. The van der Waals surface area contributed by atoms with Crippen molar-refractivity contribution in [2.75, 3.05) is 5.32 Å². The summed E-state index contributed by atoms with van der Waals surface area (Å²) in [4.78, 5) is 13.5. The number of benzene rings is 2. The van der Waals surface area contributed by atoms with Crippen molar-refractivity contribution in [1.82, 2.24) is 0 Å². The zero-order chi connectivity index (χ0) is 14.4. The minimum absolute atomic E-state index is 0.108. The van der Waals surface area contributed by atoms with Crippen LogP contribution in [0, 0.1) is 6.92 Å². The maximum absolute atomic E-state index is 12.2. The minimum Gasteiger partial charge on any atom is -0.325 e. The van der Waals surface area contributed by atoms with Crippen LogP contribution in [0.4, 0.5) is 5.69 Å². The molecule has 3 heteroatoms. The van der Waals surface area contributed by atoms with Gasteiger partial charge in [0, 0.05) is 22.6 Å². The Bertz CT molecular complexity index is 849. The second-order valence-electron chi connectivity index (χ2n) is 5.52. The smallest absolute Gasteiger partial charge is 0.225 e. The molecule has 104 valence electrons. The molecule has 1 aliphatic heterocycles. The molecule has 2 aromatic carbocycles. The first-order valence-corrected chi connectivity index (χ1v) is 7.97. The predicted molar refractivity (Wildman–Crippen MR) is 88.1 cm³/mol. The van der Waals surface area contributed by atoms with E-state index in [0.29, 0.717) is 6.42 Å². The summed E-state index contributed by atoms with van der Waals surface area (Å²) in [6, 6.07) is 14.7. The molecular formula is C18H15NOS. The highest BCUT2D eigenvalue weighted by Gasteiger charge is 2.29. The minimum atomic E-state index is 0.108. The summed E-state index contributed by atoms with van der Waals surface area (Å²) in [5.41, 5.74) is 3.50. The van der Waals surface area contributed by atoms with Crippen molar-refractivity contribution in [3.05, 3.63) is 63.8 Å². The van der Waals surface area contributed by atoms with E-state index in [1.807, 2.05) is 12.1 Å². The third-order valence-corrected chi connectivity index (χ3v) is 5.34. The van der Waals surface area contributed by atoms with Crippen LogP contribution in [0.5, 0.6) is 0 Å². The van der Waals surface area contributed by atoms with Crippen molar-refractivity contribution in [1.29, 1.82) is 0 Å². The van der Waals surface area contributed by atoms with E-state index in [1.165, 1.54) is 21.4 Å². The van der Waals surface area contributed by atoms with Crippen LogP contribution in [0.15, 0.2) is 47.8 Å². The van der Waals surface area contributed by atoms with E-state index in [4.69, 9.17) is 0 Å². The lowest BCUT2D eigenvalue weighted by atomic mass is 9.86. The number of carbonyl (C=O) groups excluding carboxylic acids is 1. The molecule has 1 aliphatic rings. The summed E-state index contributed by atoms with van der Waals surface area (Å²) in [6.07, 6.45) is 0.534. The number of thiophene rings is 1. The summed E-state index contributed by atoms with van der Waals surface area (Å²) in [5, 5.41) is 7.48. The fraction of sp³-hybridized carbons (Fsp3) is 0.167. The molecule has 1 aromatic heterocycles. The van der Waals surface area contributed by atoms with E-state index in [9.17, 15) is 4.79 Å². The fourth-order valence-corrected chi connectivity index (χ4v) is 4.23. The third-order valence-electron chi connectivity index (χ3n) is 4.21. The van der Waals surface area contributed by atoms with Crippen molar-refractivity contribution in [2.24, 2.45) is 0 Å². The lowest BCUT2D eigenvalue weighted by molar-refractivity contribution is -0.116. The number of hydrogen-bond donors (Lipinski definition) is 1. The zero-order valence-electron chi connectivity index (χ0n) is 11.7. The number of aryl methyl sites for hydroxylation is 1. The normalized spacial score (nSPS) is 17.6. The molecule has 21 heavy (non-hydrogen) atoms. The van der Waals surface area contributed by atoms with E-state index < -0.39 is 0 Å². The first-order valence-electron chi connectivity index (χ1n) is 7.09. The van der Waals surface area contributed by atoms with Crippen LogP contribution in [0.25, 0.3) is 10.8 Å². The van der Waals surface area contributed by atoms with Gasteiger partial charge in [0.05, 0.1) is 5.69 Å². The lowest BCUT2D eigenvalue weighted by Gasteiger charge is -2.27. The van der Waals surface area contributed by atoms with Gasteiger partial charge in [-0.15, -0.1) is 11.3 Å². The fourth-order valence-electron chi connectivity index (χ4n) is 3.18. The Hall–Kier alpha value is -2.13. The highest BCUT2D eigenvalue weighted by atomic mass is 32.1. The average Bonchev–Trinajstić information content (AvgIpc) is 2.92. The van der Waals surface area contributed by atoms with Crippen LogP contribution >= 0.6 is 11.3 Å². The first kappa shape index (κ1) is 12.6. The van der Waals surface area contributed by atoms with Crippen LogP contribution in [-0.2, 0) is 4.79 Å². The summed E-state index contributed by atoms with van der Waals surface area (Å²) in [6.45, 7) is 2.12. The van der Waals surface area contributed by atoms with Crippen molar-refractivity contribution in [3.8, 4) is 0 Å². The molecule has 4 rings (SSSR count). The number of nitrogens with one attached hydrogen (secondary N) is 1. The summed E-state index contributed by atoms with van der Waals surface area (Å²) in [5.74, 6) is 0.287. The van der Waals surface area contributed by atoms with Gasteiger partial charge in [-0.05, 0) is 34.9 Å². The third kappa shape index (κ3) is 1.96. The zero-order valence-corrected chi connectivity index (χ0v) is 12.5. The van der Waals surface area contributed by atoms with Gasteiger partial charge in [0.25, 0.3) is 0 Å². The van der Waals surface area contributed by atoms with Crippen molar-refractivity contribution < 1.29 is 4.79 Å². The second kappa shape index (κ2) is 4.71. The number of amides is 1. The van der Waals surface area contributed by atoms with Gasteiger partial charge in [-0.2, -0.15) is 0 Å². The molecule has 0 bridgehead atoms. The number of carbonyl (C=O) groups is 1. The molecule has 0 unspecified atom stereocenters. The standard InChI is InChI=1S/C18H15NOS/c1-11-8-9-21-18(11)15-10-16(20)19-17-13-5-3-2-4-12(13)6-7-14(15)17/h2-9,15H,10H2,1H3,(H,19,20)/t15-/m0/s1. The molecule has 1 N–H and O–H groups in total. The molecule has 2 nitrogen and oxygen atoms in total. The molecular weight excluding hydrogens is 278 g/mol. The molecule has 0 radical (unpaired) electrons. The maximum Gasteiger partial charge on any atom is 0.225 e. The maximum atomic E-state index is 12.2. The van der Waals surface area contributed by atoms with Gasteiger partial charge in [-0.3, -0.25) is 4.79 Å². The Morgan fingerprint density at radius 3 is 2.81 bits per heavy atom. The van der Waals surface area contributed by atoms with Gasteiger partial charge in [-0.1, -0.05) is 36.4 Å². The molecule has 3 aromatic rings. The van der Waals surface area contributed by atoms with E-state index in [1.54, 1.807) is 11.3 Å². The van der Waals surface area contributed by atoms with Crippen LogP contribution in [0.2, 0.25) is 0 Å². The highest BCUT2D eigenvalue weighted by molar-refractivity contribution is 7.10. The van der Waals surface area contributed by atoms with Crippen LogP contribution < -0.4 is 5.32 Å². The summed E-state index contributed by atoms with van der Waals surface area (Å²) < 4.78 is 0. The average molecular weight is 293 g/mol. The molecule has 0 aliphatic carbocycles. The molecule has 1 amide bonds. The van der Waals surface area contributed by atoms with Crippen molar-refractivity contribution >= 4 is 33.7 Å². The van der Waals surface area contributed by atoms with Gasteiger partial charge in [0.1, 0.15) is 0 Å². The van der Waals surface area contributed by atoms with E-state index in [-0.39, 0.29) is 11.8 Å². The number of hydrogen-bond acceptors (Lipinski definition) is 2. The van der Waals surface area contributed by atoms with E-state index >= 15 is 0 Å². The highest BCUT2D eigenvalue weighted by Crippen LogP contribution is 2.43. The number of anilines is 1. The quantitative estimate of drug-likeness (QED) is 0.693. The Kier molecular flexibility index (Phi) is 2.82. The number of fused-ring (bicyclic) bond motifs is 3. The molecule has 0 spiro atoms. The molecule has 0 fully saturated rings. The molecule has 0 saturated heterocycles. The van der Waals surface area contributed by atoms with Crippen molar-refractivity contribution in [2.45, 2.75) is 19.3 Å². The van der Waals surface area contributed by atoms with Gasteiger partial charge in [-0.25, -0.2) is 0 Å². The van der Waals surface area contributed by atoms with E-state index in [0.717, 1.165) is 11.1 Å². The van der Waals surface area contributed by atoms with Gasteiger partial charge >= 0.3 is 0 Å². The monoisotopic (exact) mass is 293 g/mol. The summed E-state index contributed by atoms with van der Waals surface area (Å²) >= 11 is 1.75. The molecule has 2 heterocycles. The van der Waals surface area contributed by atoms with Crippen LogP contribution in [-0.4, -0.2) is 5.91 Å². The Balaban J connectivity index is 1.97. The summed E-state index contributed by atoms with van der Waals surface area (Å²) in [7, 11) is 0. The first-order chi connectivity index (χ1) is 10.2. The predicted octanol–water partition coefficient (Wildman–Crippen LogP) is 4.68. The number of rotatable bonds is 1. The Labute approximate surface area is 127 Å². The van der Waals surface area contributed by atoms with Gasteiger partial charge in [0.15, 0.2) is 0 Å².